The summed E-state index contributed by atoms with van der Waals surface area (Å²) in [5, 5.41) is -0.115. The average molecular weight is 252 g/mol. The molecule has 2 saturated carbocycles. The van der Waals surface area contributed by atoms with E-state index in [1.807, 2.05) is 0 Å². The molecular formula is C10H18ClNO2S. The zero-order chi connectivity index (χ0) is 10.9. The second-order valence-corrected chi connectivity index (χ2v) is 6.97. The van der Waals surface area contributed by atoms with Gasteiger partial charge in [0, 0.05) is 11.9 Å². The molecule has 0 radical (unpaired) electrons. The van der Waals surface area contributed by atoms with Crippen LogP contribution in [0.4, 0.5) is 0 Å². The van der Waals surface area contributed by atoms with Gasteiger partial charge in [0.1, 0.15) is 0 Å². The summed E-state index contributed by atoms with van der Waals surface area (Å²) in [7, 11) is -3.04. The van der Waals surface area contributed by atoms with Crippen molar-refractivity contribution in [2.75, 3.05) is 5.88 Å². The Morgan fingerprint density at radius 1 is 1.13 bits per heavy atom. The highest BCUT2D eigenvalue weighted by molar-refractivity contribution is 7.90. The van der Waals surface area contributed by atoms with Gasteiger partial charge < -0.3 is 0 Å². The molecule has 2 aliphatic carbocycles. The maximum absolute atomic E-state index is 11.8. The summed E-state index contributed by atoms with van der Waals surface area (Å²) in [5.74, 6) is 0.895. The van der Waals surface area contributed by atoms with Crippen LogP contribution in [-0.4, -0.2) is 25.6 Å². The van der Waals surface area contributed by atoms with Crippen LogP contribution in [-0.2, 0) is 10.0 Å². The average Bonchev–Trinajstić information content (AvgIpc) is 3.01. The quantitative estimate of drug-likeness (QED) is 0.776. The largest absolute Gasteiger partial charge is 0.214 e. The standard InChI is InChI=1S/C10H18ClNO2S/c11-7-8-3-1-2-4-10(8)12-15(13,14)9-5-6-9/h8-10,12H,1-7H2. The van der Waals surface area contributed by atoms with Gasteiger partial charge in [-0.25, -0.2) is 13.1 Å². The topological polar surface area (TPSA) is 46.2 Å². The molecule has 2 atom stereocenters. The van der Waals surface area contributed by atoms with E-state index in [9.17, 15) is 8.42 Å². The Bertz CT molecular complexity index is 313. The van der Waals surface area contributed by atoms with E-state index < -0.39 is 10.0 Å². The second kappa shape index (κ2) is 4.60. The summed E-state index contributed by atoms with van der Waals surface area (Å²) in [6.45, 7) is 0. The Balaban J connectivity index is 1.96. The van der Waals surface area contributed by atoms with E-state index in [2.05, 4.69) is 4.72 Å². The van der Waals surface area contributed by atoms with E-state index in [0.717, 1.165) is 32.1 Å². The molecule has 0 aromatic carbocycles. The van der Waals surface area contributed by atoms with E-state index in [1.165, 1.54) is 6.42 Å². The van der Waals surface area contributed by atoms with Crippen LogP contribution in [0, 0.1) is 5.92 Å². The maximum Gasteiger partial charge on any atom is 0.214 e. The molecule has 0 amide bonds. The molecule has 2 aliphatic rings. The summed E-state index contributed by atoms with van der Waals surface area (Å²) in [6.07, 6.45) is 5.95. The first-order chi connectivity index (χ1) is 7.13. The highest BCUT2D eigenvalue weighted by atomic mass is 35.5. The third-order valence-electron chi connectivity index (χ3n) is 3.39. The normalized spacial score (nSPS) is 32.9. The van der Waals surface area contributed by atoms with Crippen LogP contribution < -0.4 is 4.72 Å². The summed E-state index contributed by atoms with van der Waals surface area (Å²) in [4.78, 5) is 0. The molecule has 15 heavy (non-hydrogen) atoms. The van der Waals surface area contributed by atoms with Crippen LogP contribution in [0.3, 0.4) is 0 Å². The van der Waals surface area contributed by atoms with Gasteiger partial charge in [-0.1, -0.05) is 12.8 Å². The molecule has 2 unspecified atom stereocenters. The van der Waals surface area contributed by atoms with Crippen molar-refractivity contribution in [3.05, 3.63) is 0 Å². The molecule has 0 spiro atoms. The minimum absolute atomic E-state index is 0.0850. The van der Waals surface area contributed by atoms with Crippen LogP contribution in [0.5, 0.6) is 0 Å². The Kier molecular flexibility index (Phi) is 3.58. The van der Waals surface area contributed by atoms with Crippen molar-refractivity contribution in [2.24, 2.45) is 5.92 Å². The van der Waals surface area contributed by atoms with Crippen molar-refractivity contribution in [1.82, 2.24) is 4.72 Å². The number of hydrogen-bond acceptors (Lipinski definition) is 2. The molecule has 0 aromatic rings. The highest BCUT2D eigenvalue weighted by Crippen LogP contribution is 2.31. The van der Waals surface area contributed by atoms with E-state index in [-0.39, 0.29) is 11.3 Å². The maximum atomic E-state index is 11.8. The van der Waals surface area contributed by atoms with Gasteiger partial charge in [-0.05, 0) is 31.6 Å². The van der Waals surface area contributed by atoms with Crippen LogP contribution in [0.1, 0.15) is 38.5 Å². The van der Waals surface area contributed by atoms with Gasteiger partial charge in [0.15, 0.2) is 0 Å². The number of rotatable bonds is 4. The van der Waals surface area contributed by atoms with Crippen LogP contribution in [0.2, 0.25) is 0 Å². The lowest BCUT2D eigenvalue weighted by Crippen LogP contribution is -2.44. The SMILES string of the molecule is O=S(=O)(NC1CCCCC1CCl)C1CC1. The molecule has 5 heteroatoms. The summed E-state index contributed by atoms with van der Waals surface area (Å²) in [5.41, 5.74) is 0. The number of alkyl halides is 1. The fourth-order valence-corrected chi connectivity index (χ4v) is 4.28. The Morgan fingerprint density at radius 2 is 1.80 bits per heavy atom. The number of sulfonamides is 1. The van der Waals surface area contributed by atoms with E-state index in [0.29, 0.717) is 11.8 Å². The Morgan fingerprint density at radius 3 is 2.40 bits per heavy atom. The van der Waals surface area contributed by atoms with Crippen LogP contribution in [0.25, 0.3) is 0 Å². The molecule has 0 saturated heterocycles. The summed E-state index contributed by atoms with van der Waals surface area (Å²) >= 11 is 5.86. The predicted molar refractivity (Wildman–Crippen MR) is 61.5 cm³/mol. The molecular weight excluding hydrogens is 234 g/mol. The van der Waals surface area contributed by atoms with Gasteiger partial charge in [-0.15, -0.1) is 11.6 Å². The predicted octanol–water partition coefficient (Wildman–Crippen LogP) is 1.87. The van der Waals surface area contributed by atoms with Gasteiger partial charge >= 0.3 is 0 Å². The van der Waals surface area contributed by atoms with Crippen molar-refractivity contribution in [3.8, 4) is 0 Å². The van der Waals surface area contributed by atoms with Crippen LogP contribution in [0.15, 0.2) is 0 Å². The highest BCUT2D eigenvalue weighted by Gasteiger charge is 2.38. The molecule has 1 N–H and O–H groups in total. The first-order valence-electron chi connectivity index (χ1n) is 5.70. The minimum Gasteiger partial charge on any atom is -0.212 e. The first kappa shape index (κ1) is 11.7. The van der Waals surface area contributed by atoms with Crippen molar-refractivity contribution >= 4 is 21.6 Å². The third-order valence-corrected chi connectivity index (χ3v) is 5.76. The molecule has 0 bridgehead atoms. The summed E-state index contributed by atoms with van der Waals surface area (Å²) < 4.78 is 26.4. The molecule has 0 aliphatic heterocycles. The van der Waals surface area contributed by atoms with Gasteiger partial charge in [-0.2, -0.15) is 0 Å². The Hall–Kier alpha value is 0.200. The van der Waals surface area contributed by atoms with Crippen molar-refractivity contribution in [3.63, 3.8) is 0 Å². The Labute approximate surface area is 96.6 Å². The third kappa shape index (κ3) is 2.86. The van der Waals surface area contributed by atoms with Crippen molar-refractivity contribution in [1.29, 1.82) is 0 Å². The number of halogens is 1. The zero-order valence-corrected chi connectivity index (χ0v) is 10.4. The minimum atomic E-state index is -3.04. The first-order valence-corrected chi connectivity index (χ1v) is 7.78. The fourth-order valence-electron chi connectivity index (χ4n) is 2.23. The van der Waals surface area contributed by atoms with E-state index >= 15 is 0 Å². The second-order valence-electron chi connectivity index (χ2n) is 4.67. The lowest BCUT2D eigenvalue weighted by atomic mass is 9.86. The van der Waals surface area contributed by atoms with E-state index in [1.54, 1.807) is 0 Å². The number of nitrogens with one attached hydrogen (secondary N) is 1. The van der Waals surface area contributed by atoms with E-state index in [4.69, 9.17) is 11.6 Å². The molecule has 2 fully saturated rings. The molecule has 0 aromatic heterocycles. The molecule has 0 heterocycles. The molecule has 88 valence electrons. The van der Waals surface area contributed by atoms with Crippen LogP contribution >= 0.6 is 11.6 Å². The van der Waals surface area contributed by atoms with Crippen molar-refractivity contribution < 1.29 is 8.42 Å². The molecule has 3 nitrogen and oxygen atoms in total. The smallest absolute Gasteiger partial charge is 0.212 e. The van der Waals surface area contributed by atoms with Gasteiger partial charge in [0.05, 0.1) is 5.25 Å². The monoisotopic (exact) mass is 251 g/mol. The molecule has 2 rings (SSSR count). The van der Waals surface area contributed by atoms with Gasteiger partial charge in [0.2, 0.25) is 10.0 Å². The fraction of sp³-hybridized carbons (Fsp3) is 1.00. The van der Waals surface area contributed by atoms with Gasteiger partial charge in [0.25, 0.3) is 0 Å². The van der Waals surface area contributed by atoms with Crippen molar-refractivity contribution in [2.45, 2.75) is 49.8 Å². The lowest BCUT2D eigenvalue weighted by molar-refractivity contribution is 0.313. The lowest BCUT2D eigenvalue weighted by Gasteiger charge is -2.30. The number of hydrogen-bond donors (Lipinski definition) is 1. The summed E-state index contributed by atoms with van der Waals surface area (Å²) in [6, 6.07) is 0.0850. The zero-order valence-electron chi connectivity index (χ0n) is 8.78. The van der Waals surface area contributed by atoms with Gasteiger partial charge in [-0.3, -0.25) is 0 Å².